The van der Waals surface area contributed by atoms with Gasteiger partial charge < -0.3 is 5.11 Å². The monoisotopic (exact) mass is 300 g/mol. The molecule has 3 unspecified atom stereocenters. The molecular formula is C14H18BrFO. The summed E-state index contributed by atoms with van der Waals surface area (Å²) in [6, 6.07) is 4.96. The van der Waals surface area contributed by atoms with Gasteiger partial charge in [0.25, 0.3) is 0 Å². The highest BCUT2D eigenvalue weighted by molar-refractivity contribution is 9.10. The van der Waals surface area contributed by atoms with Crippen molar-refractivity contribution in [2.24, 2.45) is 11.8 Å². The molecule has 2 rings (SSSR count). The Bertz CT molecular complexity index is 394. The van der Waals surface area contributed by atoms with Crippen molar-refractivity contribution in [3.05, 3.63) is 34.1 Å². The zero-order valence-corrected chi connectivity index (χ0v) is 11.6. The van der Waals surface area contributed by atoms with E-state index in [9.17, 15) is 9.50 Å². The largest absolute Gasteiger partial charge is 0.392 e. The molecule has 1 N–H and O–H groups in total. The summed E-state index contributed by atoms with van der Waals surface area (Å²) in [5, 5.41) is 10.2. The molecule has 1 aliphatic carbocycles. The third kappa shape index (κ3) is 3.29. The fourth-order valence-corrected chi connectivity index (χ4v) is 3.10. The first-order chi connectivity index (χ1) is 8.06. The Balaban J connectivity index is 1.98. The first-order valence-corrected chi connectivity index (χ1v) is 6.97. The molecule has 1 nitrogen and oxygen atoms in total. The van der Waals surface area contributed by atoms with E-state index in [0.717, 1.165) is 24.3 Å². The molecule has 94 valence electrons. The molecule has 1 aromatic carbocycles. The minimum atomic E-state index is -0.294. The molecule has 3 heteroatoms. The zero-order valence-electron chi connectivity index (χ0n) is 10.00. The van der Waals surface area contributed by atoms with Crippen LogP contribution in [-0.4, -0.2) is 11.2 Å². The summed E-state index contributed by atoms with van der Waals surface area (Å²) in [6.45, 7) is 2.24. The summed E-state index contributed by atoms with van der Waals surface area (Å²) >= 11 is 3.17. The van der Waals surface area contributed by atoms with Crippen LogP contribution in [0.15, 0.2) is 22.7 Å². The molecule has 0 aromatic heterocycles. The predicted molar refractivity (Wildman–Crippen MR) is 70.3 cm³/mol. The maximum absolute atomic E-state index is 13.1. The molecule has 0 spiro atoms. The highest BCUT2D eigenvalue weighted by Gasteiger charge is 2.27. The summed E-state index contributed by atoms with van der Waals surface area (Å²) < 4.78 is 13.6. The Morgan fingerprint density at radius 2 is 2.24 bits per heavy atom. The van der Waals surface area contributed by atoms with Gasteiger partial charge in [-0.25, -0.2) is 4.39 Å². The van der Waals surface area contributed by atoms with Crippen molar-refractivity contribution in [3.8, 4) is 0 Å². The van der Waals surface area contributed by atoms with Gasteiger partial charge in [0, 0.05) is 0 Å². The van der Waals surface area contributed by atoms with E-state index in [1.165, 1.54) is 12.5 Å². The van der Waals surface area contributed by atoms with Crippen LogP contribution in [0.5, 0.6) is 0 Å². The lowest BCUT2D eigenvalue weighted by Crippen LogP contribution is -2.20. The van der Waals surface area contributed by atoms with Crippen molar-refractivity contribution in [1.82, 2.24) is 0 Å². The van der Waals surface area contributed by atoms with E-state index >= 15 is 0 Å². The lowest BCUT2D eigenvalue weighted by Gasteiger charge is -2.18. The molecule has 0 radical (unpaired) electrons. The molecule has 3 atom stereocenters. The Labute approximate surface area is 110 Å². The van der Waals surface area contributed by atoms with E-state index < -0.39 is 0 Å². The van der Waals surface area contributed by atoms with E-state index in [2.05, 4.69) is 22.9 Å². The van der Waals surface area contributed by atoms with Crippen LogP contribution in [-0.2, 0) is 6.42 Å². The molecule has 1 saturated carbocycles. The molecule has 1 aromatic rings. The summed E-state index contributed by atoms with van der Waals surface area (Å²) in [6.07, 6.45) is 3.77. The van der Waals surface area contributed by atoms with Crippen molar-refractivity contribution in [1.29, 1.82) is 0 Å². The van der Waals surface area contributed by atoms with Crippen LogP contribution in [0.25, 0.3) is 0 Å². The Kier molecular flexibility index (Phi) is 4.21. The highest BCUT2D eigenvalue weighted by atomic mass is 79.9. The minimum Gasteiger partial charge on any atom is -0.392 e. The van der Waals surface area contributed by atoms with Gasteiger partial charge in [0.2, 0.25) is 0 Å². The Morgan fingerprint density at radius 1 is 1.47 bits per heavy atom. The molecule has 0 heterocycles. The highest BCUT2D eigenvalue weighted by Crippen LogP contribution is 2.33. The number of rotatable bonds is 3. The van der Waals surface area contributed by atoms with Gasteiger partial charge >= 0.3 is 0 Å². The second kappa shape index (κ2) is 5.49. The number of benzene rings is 1. The van der Waals surface area contributed by atoms with Gasteiger partial charge in [-0.2, -0.15) is 0 Å². The van der Waals surface area contributed by atoms with Gasteiger partial charge in [-0.15, -0.1) is 0 Å². The predicted octanol–water partition coefficient (Wildman–Crippen LogP) is 3.93. The molecule has 0 amide bonds. The van der Waals surface area contributed by atoms with Crippen molar-refractivity contribution < 1.29 is 9.50 Å². The van der Waals surface area contributed by atoms with E-state index in [-0.39, 0.29) is 11.9 Å². The summed E-state index contributed by atoms with van der Waals surface area (Å²) in [4.78, 5) is 0. The van der Waals surface area contributed by atoms with Crippen LogP contribution in [0.2, 0.25) is 0 Å². The first-order valence-electron chi connectivity index (χ1n) is 6.18. The maximum Gasteiger partial charge on any atom is 0.137 e. The van der Waals surface area contributed by atoms with E-state index in [1.807, 2.05) is 0 Å². The number of hydrogen-bond donors (Lipinski definition) is 1. The Hall–Kier alpha value is -0.410. The third-order valence-corrected chi connectivity index (χ3v) is 4.32. The van der Waals surface area contributed by atoms with Gasteiger partial charge in [-0.1, -0.05) is 19.4 Å². The lowest BCUT2D eigenvalue weighted by molar-refractivity contribution is 0.109. The maximum atomic E-state index is 13.1. The van der Waals surface area contributed by atoms with Gasteiger partial charge in [-0.05, 0) is 64.7 Å². The molecule has 0 aliphatic heterocycles. The average Bonchev–Trinajstić information content (AvgIpc) is 2.70. The quantitative estimate of drug-likeness (QED) is 0.897. The topological polar surface area (TPSA) is 20.2 Å². The van der Waals surface area contributed by atoms with Crippen LogP contribution in [0.1, 0.15) is 31.7 Å². The van der Waals surface area contributed by atoms with E-state index in [0.29, 0.717) is 16.8 Å². The summed E-state index contributed by atoms with van der Waals surface area (Å²) in [7, 11) is 0. The number of halogens is 2. The molecule has 0 saturated heterocycles. The van der Waals surface area contributed by atoms with E-state index in [4.69, 9.17) is 0 Å². The molecule has 17 heavy (non-hydrogen) atoms. The van der Waals surface area contributed by atoms with Crippen LogP contribution < -0.4 is 0 Å². The lowest BCUT2D eigenvalue weighted by atomic mass is 9.94. The van der Waals surface area contributed by atoms with Crippen LogP contribution in [0, 0.1) is 17.7 Å². The van der Waals surface area contributed by atoms with Crippen molar-refractivity contribution in [3.63, 3.8) is 0 Å². The van der Waals surface area contributed by atoms with Crippen LogP contribution in [0.4, 0.5) is 4.39 Å². The van der Waals surface area contributed by atoms with Crippen LogP contribution >= 0.6 is 15.9 Å². The third-order valence-electron chi connectivity index (χ3n) is 3.71. The van der Waals surface area contributed by atoms with Crippen molar-refractivity contribution in [2.75, 3.05) is 0 Å². The van der Waals surface area contributed by atoms with Gasteiger partial charge in [-0.3, -0.25) is 0 Å². The first kappa shape index (κ1) is 13.0. The van der Waals surface area contributed by atoms with Gasteiger partial charge in [0.15, 0.2) is 0 Å². The van der Waals surface area contributed by atoms with Gasteiger partial charge in [0.1, 0.15) is 5.82 Å². The molecule has 0 bridgehead atoms. The van der Waals surface area contributed by atoms with Crippen molar-refractivity contribution >= 4 is 15.9 Å². The second-order valence-electron chi connectivity index (χ2n) is 5.20. The molecular weight excluding hydrogens is 283 g/mol. The zero-order chi connectivity index (χ0) is 12.4. The second-order valence-corrected chi connectivity index (χ2v) is 6.05. The SMILES string of the molecule is CC1CCC(C(O)Cc2ccc(F)c(Br)c2)C1. The minimum absolute atomic E-state index is 0.252. The summed E-state index contributed by atoms with van der Waals surface area (Å²) in [5.41, 5.74) is 0.991. The van der Waals surface area contributed by atoms with Crippen molar-refractivity contribution in [2.45, 2.75) is 38.7 Å². The summed E-state index contributed by atoms with van der Waals surface area (Å²) in [5.74, 6) is 0.890. The normalized spacial score (nSPS) is 26.1. The molecule has 1 fully saturated rings. The van der Waals surface area contributed by atoms with Crippen LogP contribution in [0.3, 0.4) is 0 Å². The average molecular weight is 301 g/mol. The standard InChI is InChI=1S/C14H18BrFO/c1-9-2-4-11(6-9)14(17)8-10-3-5-13(16)12(15)7-10/h3,5,7,9,11,14,17H,2,4,6,8H2,1H3. The smallest absolute Gasteiger partial charge is 0.137 e. The number of aliphatic hydroxyl groups excluding tert-OH is 1. The number of hydrogen-bond acceptors (Lipinski definition) is 1. The fraction of sp³-hybridized carbons (Fsp3) is 0.571. The van der Waals surface area contributed by atoms with Gasteiger partial charge in [0.05, 0.1) is 10.6 Å². The number of aliphatic hydroxyl groups is 1. The Morgan fingerprint density at radius 3 is 2.82 bits per heavy atom. The van der Waals surface area contributed by atoms with E-state index in [1.54, 1.807) is 12.1 Å². The fourth-order valence-electron chi connectivity index (χ4n) is 2.68. The molecule has 1 aliphatic rings.